The maximum absolute atomic E-state index is 12.5. The molecule has 0 unspecified atom stereocenters. The Labute approximate surface area is 120 Å². The summed E-state index contributed by atoms with van der Waals surface area (Å²) in [5.41, 5.74) is 7.56. The fourth-order valence-electron chi connectivity index (χ4n) is 3.75. The van der Waals surface area contributed by atoms with Gasteiger partial charge in [-0.3, -0.25) is 9.48 Å². The number of aryl methyl sites for hydroxylation is 2. The van der Waals surface area contributed by atoms with Gasteiger partial charge in [-0.05, 0) is 6.42 Å². The molecule has 3 N–H and O–H groups in total. The minimum absolute atomic E-state index is 0.0481. The van der Waals surface area contributed by atoms with Gasteiger partial charge in [-0.2, -0.15) is 5.10 Å². The van der Waals surface area contributed by atoms with Gasteiger partial charge in [-0.15, -0.1) is 0 Å². The van der Waals surface area contributed by atoms with Gasteiger partial charge in [0.2, 0.25) is 0 Å². The number of amides is 1. The van der Waals surface area contributed by atoms with E-state index in [1.807, 2.05) is 14.0 Å². The number of hydrogen-bond donors (Lipinski definition) is 2. The van der Waals surface area contributed by atoms with Crippen molar-refractivity contribution in [1.29, 1.82) is 0 Å². The number of nitrogens with zero attached hydrogens (tertiary/aromatic N) is 2. The summed E-state index contributed by atoms with van der Waals surface area (Å²) in [6.07, 6.45) is 2.54. The van der Waals surface area contributed by atoms with Crippen molar-refractivity contribution in [3.8, 4) is 0 Å². The van der Waals surface area contributed by atoms with Gasteiger partial charge in [0.25, 0.3) is 5.91 Å². The number of hydrogen-bond acceptors (Lipinski definition) is 3. The average Bonchev–Trinajstić information content (AvgIpc) is 2.75. The van der Waals surface area contributed by atoms with Crippen LogP contribution in [0, 0.1) is 10.8 Å². The van der Waals surface area contributed by atoms with Crippen LogP contribution in [0.15, 0.2) is 6.20 Å². The standard InChI is InChI=1S/C15H26N4O/c1-7-10-9(8-19(6)18-10)11(20)17-13-14(2,3)12(16)15(13,4)5/h8,12-13H,7,16H2,1-6H3,(H,17,20). The summed E-state index contributed by atoms with van der Waals surface area (Å²) in [6.45, 7) is 10.4. The van der Waals surface area contributed by atoms with Gasteiger partial charge < -0.3 is 11.1 Å². The molecule has 1 aliphatic rings. The maximum Gasteiger partial charge on any atom is 0.255 e. The predicted octanol–water partition coefficient (Wildman–Crippen LogP) is 1.47. The largest absolute Gasteiger partial charge is 0.348 e. The lowest BCUT2D eigenvalue weighted by Gasteiger charge is -2.62. The highest BCUT2D eigenvalue weighted by atomic mass is 16.1. The topological polar surface area (TPSA) is 72.9 Å². The molecule has 0 aliphatic heterocycles. The van der Waals surface area contributed by atoms with E-state index < -0.39 is 0 Å². The zero-order chi connectivity index (χ0) is 15.3. The van der Waals surface area contributed by atoms with Gasteiger partial charge in [0.15, 0.2) is 0 Å². The predicted molar refractivity (Wildman–Crippen MR) is 79.4 cm³/mol. The molecule has 1 fully saturated rings. The SMILES string of the molecule is CCc1nn(C)cc1C(=O)NC1C(C)(C)C(N)C1(C)C. The summed E-state index contributed by atoms with van der Waals surface area (Å²) in [6, 6.07) is 0.155. The van der Waals surface area contributed by atoms with Gasteiger partial charge in [0, 0.05) is 36.2 Å². The van der Waals surface area contributed by atoms with Crippen LogP contribution >= 0.6 is 0 Å². The first-order valence-corrected chi connectivity index (χ1v) is 7.21. The molecule has 5 nitrogen and oxygen atoms in total. The number of carbonyl (C=O) groups excluding carboxylic acids is 1. The van der Waals surface area contributed by atoms with Crippen molar-refractivity contribution < 1.29 is 4.79 Å². The van der Waals surface area contributed by atoms with Gasteiger partial charge >= 0.3 is 0 Å². The third-order valence-electron chi connectivity index (χ3n) is 4.85. The number of aromatic nitrogens is 2. The van der Waals surface area contributed by atoms with Crippen LogP contribution < -0.4 is 11.1 Å². The zero-order valence-electron chi connectivity index (χ0n) is 13.3. The molecule has 1 saturated carbocycles. The lowest BCUT2D eigenvalue weighted by molar-refractivity contribution is -0.0663. The van der Waals surface area contributed by atoms with Crippen molar-refractivity contribution >= 4 is 5.91 Å². The van der Waals surface area contributed by atoms with E-state index in [9.17, 15) is 4.79 Å². The molecular weight excluding hydrogens is 252 g/mol. The summed E-state index contributed by atoms with van der Waals surface area (Å²) in [4.78, 5) is 12.5. The lowest BCUT2D eigenvalue weighted by Crippen LogP contribution is -2.76. The second-order valence-electron chi connectivity index (χ2n) is 7.04. The summed E-state index contributed by atoms with van der Waals surface area (Å²) in [5.74, 6) is -0.0481. The molecule has 1 aromatic rings. The van der Waals surface area contributed by atoms with Crippen LogP contribution in [0.3, 0.4) is 0 Å². The van der Waals surface area contributed by atoms with E-state index in [1.165, 1.54) is 0 Å². The van der Waals surface area contributed by atoms with Gasteiger partial charge in [-0.1, -0.05) is 34.6 Å². The molecule has 0 aromatic carbocycles. The molecule has 0 saturated heterocycles. The quantitative estimate of drug-likeness (QED) is 0.879. The van der Waals surface area contributed by atoms with Crippen LogP contribution in [-0.2, 0) is 13.5 Å². The van der Waals surface area contributed by atoms with E-state index >= 15 is 0 Å². The zero-order valence-corrected chi connectivity index (χ0v) is 13.3. The molecule has 20 heavy (non-hydrogen) atoms. The van der Waals surface area contributed by atoms with Crippen molar-refractivity contribution in [2.75, 3.05) is 0 Å². The Kier molecular flexibility index (Phi) is 3.45. The highest BCUT2D eigenvalue weighted by molar-refractivity contribution is 5.95. The summed E-state index contributed by atoms with van der Waals surface area (Å²) in [5, 5.41) is 7.48. The van der Waals surface area contributed by atoms with Crippen molar-refractivity contribution in [3.63, 3.8) is 0 Å². The van der Waals surface area contributed by atoms with Gasteiger partial charge in [-0.25, -0.2) is 0 Å². The molecule has 1 aromatic heterocycles. The van der Waals surface area contributed by atoms with Crippen molar-refractivity contribution in [1.82, 2.24) is 15.1 Å². The Hall–Kier alpha value is -1.36. The Bertz CT molecular complexity index is 514. The Morgan fingerprint density at radius 1 is 1.40 bits per heavy atom. The molecule has 2 rings (SSSR count). The number of nitrogens with one attached hydrogen (secondary N) is 1. The number of rotatable bonds is 3. The average molecular weight is 278 g/mol. The van der Waals surface area contributed by atoms with E-state index in [2.05, 4.69) is 38.1 Å². The van der Waals surface area contributed by atoms with E-state index in [0.29, 0.717) is 5.56 Å². The van der Waals surface area contributed by atoms with Gasteiger partial charge in [0.05, 0.1) is 11.3 Å². The van der Waals surface area contributed by atoms with Crippen LogP contribution in [-0.4, -0.2) is 27.8 Å². The smallest absolute Gasteiger partial charge is 0.255 e. The third-order valence-corrected chi connectivity index (χ3v) is 4.85. The van der Waals surface area contributed by atoms with Crippen molar-refractivity contribution in [3.05, 3.63) is 17.5 Å². The van der Waals surface area contributed by atoms with Crippen LogP contribution in [0.1, 0.15) is 50.7 Å². The normalized spacial score (nSPS) is 26.9. The molecule has 0 bridgehead atoms. The minimum atomic E-state index is -0.0895. The maximum atomic E-state index is 12.5. The first-order chi connectivity index (χ1) is 9.12. The molecule has 112 valence electrons. The summed E-state index contributed by atoms with van der Waals surface area (Å²) >= 11 is 0. The monoisotopic (exact) mass is 278 g/mol. The second kappa shape index (κ2) is 4.58. The molecule has 0 radical (unpaired) electrons. The minimum Gasteiger partial charge on any atom is -0.348 e. The molecule has 0 atom stereocenters. The fourth-order valence-corrected chi connectivity index (χ4v) is 3.75. The first kappa shape index (κ1) is 15.0. The van der Waals surface area contributed by atoms with Crippen LogP contribution in [0.5, 0.6) is 0 Å². The summed E-state index contributed by atoms with van der Waals surface area (Å²) < 4.78 is 1.69. The van der Waals surface area contributed by atoms with Crippen LogP contribution in [0.25, 0.3) is 0 Å². The van der Waals surface area contributed by atoms with Crippen LogP contribution in [0.2, 0.25) is 0 Å². The second-order valence-corrected chi connectivity index (χ2v) is 7.04. The Morgan fingerprint density at radius 2 is 1.95 bits per heavy atom. The van der Waals surface area contributed by atoms with E-state index in [0.717, 1.165) is 12.1 Å². The van der Waals surface area contributed by atoms with E-state index in [4.69, 9.17) is 5.73 Å². The Morgan fingerprint density at radius 3 is 2.45 bits per heavy atom. The molecule has 1 heterocycles. The number of carbonyl (C=O) groups is 1. The molecule has 5 heteroatoms. The van der Waals surface area contributed by atoms with Crippen molar-refractivity contribution in [2.45, 2.75) is 53.1 Å². The van der Waals surface area contributed by atoms with Gasteiger partial charge in [0.1, 0.15) is 0 Å². The fraction of sp³-hybridized carbons (Fsp3) is 0.733. The molecule has 0 spiro atoms. The highest BCUT2D eigenvalue weighted by Gasteiger charge is 2.60. The number of nitrogens with two attached hydrogens (primary N) is 1. The van der Waals surface area contributed by atoms with E-state index in [-0.39, 0.29) is 28.8 Å². The lowest BCUT2D eigenvalue weighted by atomic mass is 9.48. The summed E-state index contributed by atoms with van der Waals surface area (Å²) in [7, 11) is 1.84. The van der Waals surface area contributed by atoms with Crippen molar-refractivity contribution in [2.24, 2.45) is 23.6 Å². The Balaban J connectivity index is 2.20. The first-order valence-electron chi connectivity index (χ1n) is 7.21. The molecule has 1 aliphatic carbocycles. The van der Waals surface area contributed by atoms with Crippen LogP contribution in [0.4, 0.5) is 0 Å². The molecular formula is C15H26N4O. The van der Waals surface area contributed by atoms with E-state index in [1.54, 1.807) is 10.9 Å². The highest BCUT2D eigenvalue weighted by Crippen LogP contribution is 2.52. The third kappa shape index (κ3) is 2.04. The molecule has 1 amide bonds.